The van der Waals surface area contributed by atoms with Crippen LogP contribution in [-0.4, -0.2) is 19.5 Å². The maximum Gasteiger partial charge on any atom is 0.146 e. The molecule has 0 unspecified atom stereocenters. The molecule has 0 saturated heterocycles. The van der Waals surface area contributed by atoms with Crippen LogP contribution in [0.2, 0.25) is 0 Å². The molecule has 124 valence electrons. The maximum absolute atomic E-state index is 5.99. The molecule has 0 spiro atoms. The summed E-state index contributed by atoms with van der Waals surface area (Å²) in [7, 11) is 0. The second-order valence-corrected chi connectivity index (χ2v) is 7.38. The third kappa shape index (κ3) is 2.97. The minimum Gasteiger partial charge on any atom is -0.389 e. The number of aromatic nitrogens is 3. The summed E-state index contributed by atoms with van der Waals surface area (Å²) in [4.78, 5) is 8.70. The Morgan fingerprint density at radius 3 is 2.42 bits per heavy atom. The van der Waals surface area contributed by atoms with Crippen LogP contribution in [0.4, 0.5) is 5.82 Å². The van der Waals surface area contributed by atoms with E-state index >= 15 is 0 Å². The van der Waals surface area contributed by atoms with Crippen molar-refractivity contribution in [3.05, 3.63) is 53.5 Å². The maximum atomic E-state index is 5.99. The van der Waals surface area contributed by atoms with Crippen LogP contribution in [-0.2, 0) is 12.0 Å². The van der Waals surface area contributed by atoms with Gasteiger partial charge in [0.05, 0.1) is 5.39 Å². The van der Waals surface area contributed by atoms with Gasteiger partial charge >= 0.3 is 0 Å². The molecule has 5 nitrogen and oxygen atoms in total. The zero-order valence-corrected chi connectivity index (χ0v) is 14.9. The molecule has 0 saturated carbocycles. The van der Waals surface area contributed by atoms with E-state index in [9.17, 15) is 0 Å². The van der Waals surface area contributed by atoms with Gasteiger partial charge in [0.2, 0.25) is 0 Å². The number of benzene rings is 1. The molecule has 2 aromatic heterocycles. The first kappa shape index (κ1) is 16.4. The smallest absolute Gasteiger partial charge is 0.146 e. The Morgan fingerprint density at radius 2 is 1.83 bits per heavy atom. The van der Waals surface area contributed by atoms with E-state index in [0.29, 0.717) is 22.9 Å². The third-order valence-electron chi connectivity index (χ3n) is 4.12. The minimum atomic E-state index is 0.138. The SMILES string of the molecule is CC(C)(C)c1ccc(Cn2cc(C(N)=S)c3c(N)ncnc32)cc1. The van der Waals surface area contributed by atoms with E-state index in [1.54, 1.807) is 0 Å². The van der Waals surface area contributed by atoms with Crippen LogP contribution in [0.25, 0.3) is 11.0 Å². The first-order valence-electron chi connectivity index (χ1n) is 7.76. The molecule has 3 rings (SSSR count). The Bertz CT molecular complexity index is 904. The Labute approximate surface area is 146 Å². The van der Waals surface area contributed by atoms with Crippen molar-refractivity contribution in [3.8, 4) is 0 Å². The zero-order valence-electron chi connectivity index (χ0n) is 14.1. The largest absolute Gasteiger partial charge is 0.389 e. The van der Waals surface area contributed by atoms with Gasteiger partial charge in [-0.05, 0) is 16.5 Å². The lowest BCUT2D eigenvalue weighted by molar-refractivity contribution is 0.590. The topological polar surface area (TPSA) is 82.8 Å². The minimum absolute atomic E-state index is 0.138. The Morgan fingerprint density at radius 1 is 1.17 bits per heavy atom. The quantitative estimate of drug-likeness (QED) is 0.717. The first-order valence-corrected chi connectivity index (χ1v) is 8.16. The van der Waals surface area contributed by atoms with Gasteiger partial charge in [-0.1, -0.05) is 57.3 Å². The van der Waals surface area contributed by atoms with Crippen molar-refractivity contribution in [3.63, 3.8) is 0 Å². The fraction of sp³-hybridized carbons (Fsp3) is 0.278. The van der Waals surface area contributed by atoms with Crippen molar-refractivity contribution in [2.75, 3.05) is 5.73 Å². The van der Waals surface area contributed by atoms with Crippen molar-refractivity contribution in [1.29, 1.82) is 0 Å². The summed E-state index contributed by atoms with van der Waals surface area (Å²) >= 11 is 5.14. The van der Waals surface area contributed by atoms with Gasteiger partial charge in [-0.2, -0.15) is 0 Å². The number of nitrogens with two attached hydrogens (primary N) is 2. The van der Waals surface area contributed by atoms with E-state index in [2.05, 4.69) is 55.0 Å². The monoisotopic (exact) mass is 339 g/mol. The van der Waals surface area contributed by atoms with Crippen LogP contribution in [0.5, 0.6) is 0 Å². The number of nitrogens with zero attached hydrogens (tertiary/aromatic N) is 3. The van der Waals surface area contributed by atoms with Crippen molar-refractivity contribution < 1.29 is 0 Å². The van der Waals surface area contributed by atoms with E-state index in [1.165, 1.54) is 17.5 Å². The number of rotatable bonds is 3. The van der Waals surface area contributed by atoms with E-state index in [1.807, 2.05) is 10.8 Å². The first-order chi connectivity index (χ1) is 11.3. The van der Waals surface area contributed by atoms with E-state index in [-0.39, 0.29) is 5.41 Å². The van der Waals surface area contributed by atoms with Crippen LogP contribution in [0.1, 0.15) is 37.5 Å². The molecule has 0 radical (unpaired) electrons. The molecule has 0 aliphatic rings. The van der Waals surface area contributed by atoms with E-state index in [4.69, 9.17) is 23.7 Å². The lowest BCUT2D eigenvalue weighted by Crippen LogP contribution is -2.11. The molecule has 0 aliphatic carbocycles. The van der Waals surface area contributed by atoms with Crippen LogP contribution >= 0.6 is 12.2 Å². The third-order valence-corrected chi connectivity index (χ3v) is 4.34. The van der Waals surface area contributed by atoms with Gasteiger partial charge in [-0.3, -0.25) is 0 Å². The molecule has 4 N–H and O–H groups in total. The van der Waals surface area contributed by atoms with Crippen molar-refractivity contribution >= 4 is 34.1 Å². The van der Waals surface area contributed by atoms with Gasteiger partial charge < -0.3 is 16.0 Å². The Kier molecular flexibility index (Phi) is 4.01. The molecule has 6 heteroatoms. The summed E-state index contributed by atoms with van der Waals surface area (Å²) in [6.45, 7) is 7.28. The highest BCUT2D eigenvalue weighted by Gasteiger charge is 2.16. The summed E-state index contributed by atoms with van der Waals surface area (Å²) in [5.41, 5.74) is 15.9. The average Bonchev–Trinajstić information content (AvgIpc) is 2.87. The fourth-order valence-electron chi connectivity index (χ4n) is 2.76. The van der Waals surface area contributed by atoms with Gasteiger partial charge in [-0.25, -0.2) is 9.97 Å². The number of thiocarbonyl (C=S) groups is 1. The van der Waals surface area contributed by atoms with Crippen LogP contribution in [0.15, 0.2) is 36.8 Å². The van der Waals surface area contributed by atoms with Crippen molar-refractivity contribution in [2.45, 2.75) is 32.7 Å². The average molecular weight is 339 g/mol. The summed E-state index contributed by atoms with van der Waals surface area (Å²) in [6.07, 6.45) is 3.36. The molecular weight excluding hydrogens is 318 g/mol. The molecule has 3 aromatic rings. The molecule has 24 heavy (non-hydrogen) atoms. The number of hydrogen-bond donors (Lipinski definition) is 2. The molecule has 2 heterocycles. The lowest BCUT2D eigenvalue weighted by Gasteiger charge is -2.19. The van der Waals surface area contributed by atoms with Crippen LogP contribution in [0.3, 0.4) is 0 Å². The summed E-state index contributed by atoms with van der Waals surface area (Å²) < 4.78 is 2.01. The highest BCUT2D eigenvalue weighted by atomic mass is 32.1. The fourth-order valence-corrected chi connectivity index (χ4v) is 2.92. The number of anilines is 1. The highest BCUT2D eigenvalue weighted by molar-refractivity contribution is 7.80. The standard InChI is InChI=1S/C18H21N5S/c1-18(2,3)12-6-4-11(5-7-12)8-23-9-13(16(20)24)14-15(19)21-10-22-17(14)23/h4-7,9-10H,8H2,1-3H3,(H2,20,24)(H2,19,21,22). The van der Waals surface area contributed by atoms with Gasteiger partial charge in [0.25, 0.3) is 0 Å². The van der Waals surface area contributed by atoms with Gasteiger partial charge in [0, 0.05) is 18.3 Å². The predicted molar refractivity (Wildman–Crippen MR) is 102 cm³/mol. The number of fused-ring (bicyclic) bond motifs is 1. The van der Waals surface area contributed by atoms with E-state index in [0.717, 1.165) is 11.0 Å². The molecule has 0 aliphatic heterocycles. The number of hydrogen-bond acceptors (Lipinski definition) is 4. The van der Waals surface area contributed by atoms with Crippen molar-refractivity contribution in [2.24, 2.45) is 5.73 Å². The molecule has 1 aromatic carbocycles. The summed E-state index contributed by atoms with van der Waals surface area (Å²) in [5.74, 6) is 0.393. The predicted octanol–water partition coefficient (Wildman–Crippen LogP) is 2.99. The summed E-state index contributed by atoms with van der Waals surface area (Å²) in [5, 5.41) is 0.719. The molecular formula is C18H21N5S. The second-order valence-electron chi connectivity index (χ2n) is 6.94. The highest BCUT2D eigenvalue weighted by Crippen LogP contribution is 2.26. The van der Waals surface area contributed by atoms with Crippen molar-refractivity contribution in [1.82, 2.24) is 14.5 Å². The molecule has 0 atom stereocenters. The second kappa shape index (κ2) is 5.87. The number of nitrogen functional groups attached to an aromatic ring is 1. The van der Waals surface area contributed by atoms with Gasteiger partial charge in [0.15, 0.2) is 0 Å². The molecule has 0 amide bonds. The molecule has 0 bridgehead atoms. The Balaban J connectivity index is 2.02. The van der Waals surface area contributed by atoms with Crippen LogP contribution in [0, 0.1) is 0 Å². The lowest BCUT2D eigenvalue weighted by atomic mass is 9.87. The zero-order chi connectivity index (χ0) is 17.5. The van der Waals surface area contributed by atoms with Gasteiger partial charge in [-0.15, -0.1) is 0 Å². The van der Waals surface area contributed by atoms with E-state index < -0.39 is 0 Å². The van der Waals surface area contributed by atoms with Crippen LogP contribution < -0.4 is 11.5 Å². The summed E-state index contributed by atoms with van der Waals surface area (Å²) in [6, 6.07) is 8.60. The normalized spacial score (nSPS) is 11.8. The van der Waals surface area contributed by atoms with Gasteiger partial charge in [0.1, 0.15) is 22.8 Å². The molecule has 0 fully saturated rings. The Hall–Kier alpha value is -2.47.